The van der Waals surface area contributed by atoms with Crippen molar-refractivity contribution in [3.63, 3.8) is 0 Å². The van der Waals surface area contributed by atoms with E-state index in [9.17, 15) is 0 Å². The normalized spacial score (nSPS) is 11.0. The summed E-state index contributed by atoms with van der Waals surface area (Å²) < 4.78 is 1.24. The smallest absolute Gasteiger partial charge is 0.0891 e. The molecule has 0 saturated heterocycles. The number of aromatic nitrogens is 1. The number of nitrogens with zero attached hydrogens (tertiary/aromatic N) is 1. The molecule has 0 amide bonds. The minimum absolute atomic E-state index is 0.751. The van der Waals surface area contributed by atoms with E-state index < -0.39 is 0 Å². The number of nitrogens with two attached hydrogens (primary N) is 1. The van der Waals surface area contributed by atoms with E-state index in [1.807, 2.05) is 5.51 Å². The molecular formula is C18H21N3S. The number of rotatable bonds is 6. The molecule has 3 nitrogen and oxygen atoms in total. The van der Waals surface area contributed by atoms with Gasteiger partial charge in [0.15, 0.2) is 0 Å². The third-order valence-electron chi connectivity index (χ3n) is 3.74. The predicted molar refractivity (Wildman–Crippen MR) is 96.6 cm³/mol. The first-order valence-corrected chi connectivity index (χ1v) is 8.55. The molecular weight excluding hydrogens is 290 g/mol. The number of anilines is 1. The lowest BCUT2D eigenvalue weighted by Crippen LogP contribution is -2.06. The largest absolute Gasteiger partial charge is 0.385 e. The number of benzene rings is 2. The fourth-order valence-electron chi connectivity index (χ4n) is 2.67. The Hall–Kier alpha value is -1.91. The Labute approximate surface area is 135 Å². The number of hydrogen-bond acceptors (Lipinski definition) is 4. The highest BCUT2D eigenvalue weighted by molar-refractivity contribution is 7.16. The van der Waals surface area contributed by atoms with Crippen LogP contribution in [-0.2, 0) is 0 Å². The highest BCUT2D eigenvalue weighted by atomic mass is 32.1. The average Bonchev–Trinajstić information content (AvgIpc) is 2.99. The van der Waals surface area contributed by atoms with E-state index >= 15 is 0 Å². The molecule has 0 atom stereocenters. The maximum Gasteiger partial charge on any atom is 0.0891 e. The van der Waals surface area contributed by atoms with Crippen molar-refractivity contribution in [1.29, 1.82) is 0 Å². The monoisotopic (exact) mass is 311 g/mol. The van der Waals surface area contributed by atoms with Crippen molar-refractivity contribution >= 4 is 27.2 Å². The first kappa shape index (κ1) is 15.0. The molecule has 0 spiro atoms. The molecule has 0 unspecified atom stereocenters. The van der Waals surface area contributed by atoms with E-state index in [1.165, 1.54) is 27.1 Å². The Kier molecular flexibility index (Phi) is 4.71. The summed E-state index contributed by atoms with van der Waals surface area (Å²) in [4.78, 5) is 4.56. The topological polar surface area (TPSA) is 50.9 Å². The second kappa shape index (κ2) is 6.90. The lowest BCUT2D eigenvalue weighted by Gasteiger charge is -2.13. The van der Waals surface area contributed by atoms with Gasteiger partial charge in [-0.1, -0.05) is 18.2 Å². The highest BCUT2D eigenvalue weighted by Crippen LogP contribution is 2.35. The third-order valence-corrected chi connectivity index (χ3v) is 4.52. The van der Waals surface area contributed by atoms with E-state index in [2.05, 4.69) is 53.6 Å². The second-order valence-electron chi connectivity index (χ2n) is 5.48. The fourth-order valence-corrected chi connectivity index (χ4v) is 3.47. The molecule has 2 aromatic carbocycles. The van der Waals surface area contributed by atoms with Gasteiger partial charge in [0.1, 0.15) is 0 Å². The molecule has 0 bridgehead atoms. The van der Waals surface area contributed by atoms with Crippen LogP contribution in [0.4, 0.5) is 5.69 Å². The lowest BCUT2D eigenvalue weighted by molar-refractivity contribution is 0.774. The standard InChI is InChI=1S/C18H21N3S/c1-13-10-15(18-17(11-13)22-12-21-18)14-6-2-3-7-16(14)20-9-5-4-8-19/h2-3,6-7,10-12,20H,4-5,8-9,19H2,1H3. The number of unbranched alkanes of at least 4 members (excludes halogenated alkanes) is 1. The van der Waals surface area contributed by atoms with Gasteiger partial charge < -0.3 is 11.1 Å². The zero-order valence-corrected chi connectivity index (χ0v) is 13.6. The Morgan fingerprint density at radius 3 is 2.86 bits per heavy atom. The third kappa shape index (κ3) is 3.13. The minimum Gasteiger partial charge on any atom is -0.385 e. The molecule has 1 heterocycles. The van der Waals surface area contributed by atoms with E-state index in [4.69, 9.17) is 5.73 Å². The van der Waals surface area contributed by atoms with Gasteiger partial charge in [-0.3, -0.25) is 0 Å². The summed E-state index contributed by atoms with van der Waals surface area (Å²) >= 11 is 1.70. The number of hydrogen-bond donors (Lipinski definition) is 2. The van der Waals surface area contributed by atoms with Crippen LogP contribution >= 0.6 is 11.3 Å². The van der Waals surface area contributed by atoms with E-state index in [1.54, 1.807) is 11.3 Å². The first-order chi connectivity index (χ1) is 10.8. The Bertz CT molecular complexity index is 764. The van der Waals surface area contributed by atoms with Gasteiger partial charge in [0.25, 0.3) is 0 Å². The van der Waals surface area contributed by atoms with Gasteiger partial charge in [-0.2, -0.15) is 0 Å². The molecule has 0 radical (unpaired) electrons. The molecule has 0 fully saturated rings. The molecule has 0 saturated carbocycles. The van der Waals surface area contributed by atoms with Crippen molar-refractivity contribution in [3.05, 3.63) is 47.5 Å². The summed E-state index contributed by atoms with van der Waals surface area (Å²) in [6.07, 6.45) is 2.14. The van der Waals surface area contributed by atoms with Gasteiger partial charge in [0.2, 0.25) is 0 Å². The van der Waals surface area contributed by atoms with Gasteiger partial charge in [-0.25, -0.2) is 4.98 Å². The summed E-state index contributed by atoms with van der Waals surface area (Å²) in [7, 11) is 0. The molecule has 1 aromatic heterocycles. The van der Waals surface area contributed by atoms with Gasteiger partial charge in [-0.15, -0.1) is 11.3 Å². The quantitative estimate of drug-likeness (QED) is 0.662. The number of para-hydroxylation sites is 1. The Morgan fingerprint density at radius 1 is 1.14 bits per heavy atom. The van der Waals surface area contributed by atoms with Crippen molar-refractivity contribution in [2.45, 2.75) is 19.8 Å². The summed E-state index contributed by atoms with van der Waals surface area (Å²) in [5, 5.41) is 3.54. The van der Waals surface area contributed by atoms with Crippen LogP contribution in [0.25, 0.3) is 21.3 Å². The van der Waals surface area contributed by atoms with E-state index in [0.29, 0.717) is 0 Å². The molecule has 114 valence electrons. The Morgan fingerprint density at radius 2 is 2.00 bits per heavy atom. The molecule has 3 N–H and O–H groups in total. The molecule has 0 aliphatic carbocycles. The molecule has 4 heteroatoms. The predicted octanol–water partition coefficient (Wildman–Crippen LogP) is 4.42. The molecule has 22 heavy (non-hydrogen) atoms. The fraction of sp³-hybridized carbons (Fsp3) is 0.278. The maximum absolute atomic E-state index is 5.56. The molecule has 3 rings (SSSR count). The van der Waals surface area contributed by atoms with E-state index in [0.717, 1.165) is 31.4 Å². The molecule has 0 aliphatic heterocycles. The van der Waals surface area contributed by atoms with Crippen molar-refractivity contribution in [3.8, 4) is 11.1 Å². The van der Waals surface area contributed by atoms with Gasteiger partial charge >= 0.3 is 0 Å². The van der Waals surface area contributed by atoms with Crippen molar-refractivity contribution < 1.29 is 0 Å². The SMILES string of the molecule is Cc1cc(-c2ccccc2NCCCCN)c2ncsc2c1. The van der Waals surface area contributed by atoms with Crippen LogP contribution in [0.2, 0.25) is 0 Å². The van der Waals surface area contributed by atoms with Crippen molar-refractivity contribution in [2.24, 2.45) is 5.73 Å². The van der Waals surface area contributed by atoms with Crippen molar-refractivity contribution in [1.82, 2.24) is 4.98 Å². The Balaban J connectivity index is 1.98. The van der Waals surface area contributed by atoms with Crippen LogP contribution in [-0.4, -0.2) is 18.1 Å². The maximum atomic E-state index is 5.56. The van der Waals surface area contributed by atoms with Crippen molar-refractivity contribution in [2.75, 3.05) is 18.4 Å². The number of thiazole rings is 1. The minimum atomic E-state index is 0.751. The van der Waals surface area contributed by atoms with Crippen LogP contribution in [0.5, 0.6) is 0 Å². The van der Waals surface area contributed by atoms with Crippen LogP contribution in [0.15, 0.2) is 41.9 Å². The van der Waals surface area contributed by atoms with Gasteiger partial charge in [-0.05, 0) is 50.1 Å². The number of nitrogens with one attached hydrogen (secondary N) is 1. The van der Waals surface area contributed by atoms with Crippen LogP contribution < -0.4 is 11.1 Å². The average molecular weight is 311 g/mol. The van der Waals surface area contributed by atoms with Crippen LogP contribution in [0.3, 0.4) is 0 Å². The summed E-state index contributed by atoms with van der Waals surface area (Å²) in [6.45, 7) is 3.83. The summed E-state index contributed by atoms with van der Waals surface area (Å²) in [5.41, 5.74) is 13.4. The second-order valence-corrected chi connectivity index (χ2v) is 6.37. The highest BCUT2D eigenvalue weighted by Gasteiger charge is 2.11. The molecule has 0 aliphatic rings. The molecule has 3 aromatic rings. The van der Waals surface area contributed by atoms with Crippen LogP contribution in [0.1, 0.15) is 18.4 Å². The zero-order valence-electron chi connectivity index (χ0n) is 12.8. The summed E-state index contributed by atoms with van der Waals surface area (Å²) in [6, 6.07) is 12.9. The zero-order chi connectivity index (χ0) is 15.4. The first-order valence-electron chi connectivity index (χ1n) is 7.67. The number of aryl methyl sites for hydroxylation is 1. The lowest BCUT2D eigenvalue weighted by atomic mass is 10.0. The van der Waals surface area contributed by atoms with Gasteiger partial charge in [0.05, 0.1) is 15.7 Å². The van der Waals surface area contributed by atoms with Crippen LogP contribution in [0, 0.1) is 6.92 Å². The van der Waals surface area contributed by atoms with Gasteiger partial charge in [0, 0.05) is 23.4 Å². The van der Waals surface area contributed by atoms with E-state index in [-0.39, 0.29) is 0 Å². The summed E-state index contributed by atoms with van der Waals surface area (Å²) in [5.74, 6) is 0. The number of fused-ring (bicyclic) bond motifs is 1.